The number of alkyl halides is 6. The number of rotatable bonds is 2. The molecule has 0 aliphatic heterocycles. The zero-order valence-electron chi connectivity index (χ0n) is 12.5. The fourth-order valence-electron chi connectivity index (χ4n) is 2.19. The van der Waals surface area contributed by atoms with Crippen molar-refractivity contribution >= 4 is 0 Å². The predicted octanol–water partition coefficient (Wildman–Crippen LogP) is 5.58. The molecule has 26 heavy (non-hydrogen) atoms. The Morgan fingerprint density at radius 2 is 1.46 bits per heavy atom. The molecule has 0 fully saturated rings. The van der Waals surface area contributed by atoms with Gasteiger partial charge in [-0.25, -0.2) is 4.39 Å². The number of benzene rings is 1. The third-order valence-electron chi connectivity index (χ3n) is 3.38. The summed E-state index contributed by atoms with van der Waals surface area (Å²) in [4.78, 5) is 3.71. The lowest BCUT2D eigenvalue weighted by atomic mass is 10.0. The third kappa shape index (κ3) is 3.53. The van der Waals surface area contributed by atoms with Crippen molar-refractivity contribution in [3.05, 3.63) is 59.5 Å². The van der Waals surface area contributed by atoms with Gasteiger partial charge in [0.05, 0.1) is 11.1 Å². The molecule has 3 nitrogen and oxygen atoms in total. The molecular weight excluding hydrogens is 369 g/mol. The van der Waals surface area contributed by atoms with Crippen LogP contribution in [0.25, 0.3) is 22.7 Å². The molecule has 0 aliphatic rings. The van der Waals surface area contributed by atoms with Crippen molar-refractivity contribution in [1.82, 2.24) is 10.1 Å². The van der Waals surface area contributed by atoms with Gasteiger partial charge in [0.15, 0.2) is 11.6 Å². The Morgan fingerprint density at radius 1 is 0.846 bits per heavy atom. The van der Waals surface area contributed by atoms with Crippen LogP contribution >= 0.6 is 0 Å². The minimum atomic E-state index is -4.99. The highest BCUT2D eigenvalue weighted by atomic mass is 19.4. The summed E-state index contributed by atoms with van der Waals surface area (Å²) in [5, 5.41) is 3.47. The van der Waals surface area contributed by atoms with Gasteiger partial charge in [0.1, 0.15) is 11.4 Å². The van der Waals surface area contributed by atoms with Gasteiger partial charge in [-0.15, -0.1) is 0 Å². The smallest absolute Gasteiger partial charge is 0.356 e. The zero-order chi connectivity index (χ0) is 19.1. The summed E-state index contributed by atoms with van der Waals surface area (Å²) in [6.45, 7) is 0. The molecule has 0 N–H and O–H groups in total. The predicted molar refractivity (Wildman–Crippen MR) is 75.1 cm³/mol. The molecule has 3 rings (SSSR count). The maximum absolute atomic E-state index is 13.7. The van der Waals surface area contributed by atoms with E-state index < -0.39 is 34.9 Å². The fourth-order valence-corrected chi connectivity index (χ4v) is 2.19. The van der Waals surface area contributed by atoms with E-state index in [0.717, 1.165) is 12.1 Å². The van der Waals surface area contributed by atoms with E-state index in [9.17, 15) is 30.7 Å². The first-order chi connectivity index (χ1) is 12.1. The molecule has 0 spiro atoms. The van der Waals surface area contributed by atoms with E-state index >= 15 is 0 Å². The standard InChI is InChI=1S/C16H7F7N2O/c17-11-2-1-3-24-14(11)12-7-13(26-25-12)8-4-9(15(18,19)20)6-10(5-8)16(21,22)23/h1-7H. The normalized spacial score (nSPS) is 12.4. The van der Waals surface area contributed by atoms with Crippen LogP contribution in [0.5, 0.6) is 0 Å². The van der Waals surface area contributed by atoms with Crippen molar-refractivity contribution in [2.75, 3.05) is 0 Å². The SMILES string of the molecule is Fc1cccnc1-c1cc(-c2cc(C(F)(F)F)cc(C(F)(F)F)c2)on1. The first-order valence-electron chi connectivity index (χ1n) is 6.93. The molecular formula is C16H7F7N2O. The first-order valence-corrected chi connectivity index (χ1v) is 6.93. The van der Waals surface area contributed by atoms with Crippen molar-refractivity contribution in [3.8, 4) is 22.7 Å². The Hall–Kier alpha value is -2.91. The highest BCUT2D eigenvalue weighted by molar-refractivity contribution is 5.66. The van der Waals surface area contributed by atoms with Crippen LogP contribution in [0.1, 0.15) is 11.1 Å². The van der Waals surface area contributed by atoms with E-state index in [1.807, 2.05) is 0 Å². The summed E-state index contributed by atoms with van der Waals surface area (Å²) in [5.74, 6) is -1.16. The van der Waals surface area contributed by atoms with E-state index in [0.29, 0.717) is 12.1 Å². The van der Waals surface area contributed by atoms with Crippen LogP contribution in [0.2, 0.25) is 0 Å². The maximum Gasteiger partial charge on any atom is 0.416 e. The second-order valence-corrected chi connectivity index (χ2v) is 5.20. The lowest BCUT2D eigenvalue weighted by Gasteiger charge is -2.13. The van der Waals surface area contributed by atoms with Gasteiger partial charge in [0, 0.05) is 17.8 Å². The van der Waals surface area contributed by atoms with Gasteiger partial charge in [-0.3, -0.25) is 4.98 Å². The number of hydrogen-bond donors (Lipinski definition) is 0. The molecule has 2 aromatic heterocycles. The fraction of sp³-hybridized carbons (Fsp3) is 0.125. The largest absolute Gasteiger partial charge is 0.416 e. The average Bonchev–Trinajstić information content (AvgIpc) is 3.03. The minimum Gasteiger partial charge on any atom is -0.356 e. The lowest BCUT2D eigenvalue weighted by Crippen LogP contribution is -2.11. The zero-order valence-corrected chi connectivity index (χ0v) is 12.5. The minimum absolute atomic E-state index is 0.000794. The highest BCUT2D eigenvalue weighted by Crippen LogP contribution is 2.39. The quantitative estimate of drug-likeness (QED) is 0.548. The summed E-state index contributed by atoms with van der Waals surface area (Å²) in [6.07, 6.45) is -8.74. The van der Waals surface area contributed by atoms with Gasteiger partial charge < -0.3 is 4.52 Å². The monoisotopic (exact) mass is 376 g/mol. The summed E-state index contributed by atoms with van der Waals surface area (Å²) < 4.78 is 95.9. The Bertz CT molecular complexity index is 912. The summed E-state index contributed by atoms with van der Waals surface area (Å²) >= 11 is 0. The average molecular weight is 376 g/mol. The number of aromatic nitrogens is 2. The summed E-state index contributed by atoms with van der Waals surface area (Å²) in [7, 11) is 0. The van der Waals surface area contributed by atoms with Gasteiger partial charge in [-0.2, -0.15) is 26.3 Å². The van der Waals surface area contributed by atoms with Crippen LogP contribution in [-0.2, 0) is 12.4 Å². The topological polar surface area (TPSA) is 38.9 Å². The molecule has 1 aromatic carbocycles. The molecule has 2 heterocycles. The van der Waals surface area contributed by atoms with Crippen molar-refractivity contribution in [2.24, 2.45) is 0 Å². The van der Waals surface area contributed by atoms with Gasteiger partial charge in [-0.1, -0.05) is 5.16 Å². The van der Waals surface area contributed by atoms with Gasteiger partial charge in [0.2, 0.25) is 0 Å². The van der Waals surface area contributed by atoms with Gasteiger partial charge in [-0.05, 0) is 30.3 Å². The number of pyridine rings is 1. The van der Waals surface area contributed by atoms with Crippen molar-refractivity contribution in [3.63, 3.8) is 0 Å². The summed E-state index contributed by atoms with van der Waals surface area (Å²) in [6, 6.07) is 4.38. The summed E-state index contributed by atoms with van der Waals surface area (Å²) in [5.41, 5.74) is -3.90. The van der Waals surface area contributed by atoms with E-state index in [1.54, 1.807) is 0 Å². The number of hydrogen-bond acceptors (Lipinski definition) is 3. The molecule has 0 aliphatic carbocycles. The molecule has 0 atom stereocenters. The molecule has 136 valence electrons. The molecule has 0 saturated carbocycles. The van der Waals surface area contributed by atoms with Crippen LogP contribution in [-0.4, -0.2) is 10.1 Å². The first kappa shape index (κ1) is 17.9. The molecule has 0 saturated heterocycles. The molecule has 10 heteroatoms. The van der Waals surface area contributed by atoms with Crippen molar-refractivity contribution in [2.45, 2.75) is 12.4 Å². The van der Waals surface area contributed by atoms with Gasteiger partial charge >= 0.3 is 12.4 Å². The van der Waals surface area contributed by atoms with Crippen LogP contribution in [0.3, 0.4) is 0 Å². The second-order valence-electron chi connectivity index (χ2n) is 5.20. The lowest BCUT2D eigenvalue weighted by molar-refractivity contribution is -0.143. The third-order valence-corrected chi connectivity index (χ3v) is 3.38. The number of nitrogens with zero attached hydrogens (tertiary/aromatic N) is 2. The Balaban J connectivity index is 2.11. The van der Waals surface area contributed by atoms with Crippen LogP contribution < -0.4 is 0 Å². The van der Waals surface area contributed by atoms with E-state index in [-0.39, 0.29) is 23.2 Å². The van der Waals surface area contributed by atoms with Crippen molar-refractivity contribution < 1.29 is 35.3 Å². The molecule has 3 aromatic rings. The molecule has 0 radical (unpaired) electrons. The van der Waals surface area contributed by atoms with Crippen molar-refractivity contribution in [1.29, 1.82) is 0 Å². The molecule has 0 unspecified atom stereocenters. The van der Waals surface area contributed by atoms with Crippen LogP contribution in [0, 0.1) is 5.82 Å². The number of halogens is 7. The molecule has 0 bridgehead atoms. The Morgan fingerprint density at radius 3 is 2.00 bits per heavy atom. The second kappa shape index (κ2) is 6.11. The molecule has 0 amide bonds. The maximum atomic E-state index is 13.7. The van der Waals surface area contributed by atoms with Gasteiger partial charge in [0.25, 0.3) is 0 Å². The Labute approximate surface area is 141 Å². The van der Waals surface area contributed by atoms with Crippen LogP contribution in [0.4, 0.5) is 30.7 Å². The van der Waals surface area contributed by atoms with Crippen LogP contribution in [0.15, 0.2) is 47.1 Å². The Kier molecular flexibility index (Phi) is 4.21. The van der Waals surface area contributed by atoms with E-state index in [2.05, 4.69) is 10.1 Å². The van der Waals surface area contributed by atoms with E-state index in [1.165, 1.54) is 12.3 Å². The highest BCUT2D eigenvalue weighted by Gasteiger charge is 2.37. The van der Waals surface area contributed by atoms with E-state index in [4.69, 9.17) is 4.52 Å².